The van der Waals surface area contributed by atoms with Crippen LogP contribution in [0.1, 0.15) is 24.0 Å². The lowest BCUT2D eigenvalue weighted by Crippen LogP contribution is -2.18. The van der Waals surface area contributed by atoms with Crippen molar-refractivity contribution in [1.82, 2.24) is 4.98 Å². The third kappa shape index (κ3) is 3.98. The zero-order valence-corrected chi connectivity index (χ0v) is 16.9. The average molecular weight is 416 g/mol. The molecular weight excluding hydrogens is 395 g/mol. The van der Waals surface area contributed by atoms with Crippen molar-refractivity contribution in [3.05, 3.63) is 59.5 Å². The van der Waals surface area contributed by atoms with E-state index >= 15 is 0 Å². The second-order valence-corrected chi connectivity index (χ2v) is 8.99. The Labute approximate surface area is 168 Å². The first-order chi connectivity index (χ1) is 13.9. The van der Waals surface area contributed by atoms with E-state index in [-0.39, 0.29) is 5.69 Å². The number of fused-ring (bicyclic) bond motifs is 1. The molecule has 6 nitrogen and oxygen atoms in total. The Hall–Kier alpha value is -2.87. The molecule has 1 aromatic heterocycles. The minimum atomic E-state index is -3.50. The Bertz CT molecular complexity index is 1180. The number of nitrogens with one attached hydrogen (secondary N) is 1. The minimum absolute atomic E-state index is 0.0216. The molecule has 4 rings (SSSR count). The number of hydrogen-bond acceptors (Lipinski definition) is 5. The van der Waals surface area contributed by atoms with Gasteiger partial charge in [0.05, 0.1) is 30.7 Å². The first-order valence-electron chi connectivity index (χ1n) is 9.21. The van der Waals surface area contributed by atoms with Crippen molar-refractivity contribution in [1.29, 1.82) is 0 Å². The highest BCUT2D eigenvalue weighted by Gasteiger charge is 2.36. The fourth-order valence-corrected chi connectivity index (χ4v) is 4.67. The van der Waals surface area contributed by atoms with Gasteiger partial charge in [-0.15, -0.1) is 0 Å². The van der Waals surface area contributed by atoms with Crippen LogP contribution < -0.4 is 14.2 Å². The highest BCUT2D eigenvalue weighted by molar-refractivity contribution is 7.93. The molecular formula is C21H21FN2O4S. The summed E-state index contributed by atoms with van der Waals surface area (Å²) in [6, 6.07) is 10.1. The molecule has 1 fully saturated rings. The number of benzene rings is 2. The zero-order valence-electron chi connectivity index (χ0n) is 16.1. The molecule has 3 aromatic rings. The molecule has 29 heavy (non-hydrogen) atoms. The lowest BCUT2D eigenvalue weighted by molar-refractivity contribution is 0.356. The highest BCUT2D eigenvalue weighted by atomic mass is 32.2. The Morgan fingerprint density at radius 1 is 1.10 bits per heavy atom. The van der Waals surface area contributed by atoms with Crippen molar-refractivity contribution < 1.29 is 22.3 Å². The fraction of sp³-hybridized carbons (Fsp3) is 0.286. The van der Waals surface area contributed by atoms with Crippen molar-refractivity contribution in [2.45, 2.75) is 24.5 Å². The van der Waals surface area contributed by atoms with Crippen LogP contribution in [0.5, 0.6) is 11.5 Å². The molecule has 152 valence electrons. The van der Waals surface area contributed by atoms with Crippen molar-refractivity contribution in [3.63, 3.8) is 0 Å². The summed E-state index contributed by atoms with van der Waals surface area (Å²) in [5, 5.41) is 0.473. The van der Waals surface area contributed by atoms with Crippen LogP contribution in [0.2, 0.25) is 0 Å². The number of aromatic nitrogens is 1. The molecule has 0 saturated heterocycles. The quantitative estimate of drug-likeness (QED) is 0.632. The standard InChI is InChI=1S/C21H21FN2O4S/c1-27-20-11-16-14(7-8-23-19(16)12-21(20)28-2)9-13-3-6-18(17(22)10-13)24-29(25,26)15-4-5-15/h3,6-8,10-12,15,24H,4-5,9H2,1-2H3. The van der Waals surface area contributed by atoms with E-state index in [0.29, 0.717) is 30.8 Å². The Balaban J connectivity index is 1.63. The molecule has 8 heteroatoms. The van der Waals surface area contributed by atoms with Crippen LogP contribution in [-0.4, -0.2) is 32.9 Å². The summed E-state index contributed by atoms with van der Waals surface area (Å²) in [6.07, 6.45) is 3.40. The van der Waals surface area contributed by atoms with Gasteiger partial charge in [-0.1, -0.05) is 6.07 Å². The number of pyridine rings is 1. The molecule has 0 unspecified atom stereocenters. The van der Waals surface area contributed by atoms with Gasteiger partial charge in [-0.25, -0.2) is 12.8 Å². The van der Waals surface area contributed by atoms with E-state index in [4.69, 9.17) is 9.47 Å². The van der Waals surface area contributed by atoms with Crippen molar-refractivity contribution in [2.24, 2.45) is 0 Å². The molecule has 1 N–H and O–H groups in total. The van der Waals surface area contributed by atoms with Crippen LogP contribution in [0.15, 0.2) is 42.6 Å². The molecule has 1 heterocycles. The third-order valence-electron chi connectivity index (χ3n) is 4.98. The number of halogens is 1. The summed E-state index contributed by atoms with van der Waals surface area (Å²) in [4.78, 5) is 4.38. The summed E-state index contributed by atoms with van der Waals surface area (Å²) in [5.41, 5.74) is 2.39. The van der Waals surface area contributed by atoms with Crippen LogP contribution in [0, 0.1) is 5.82 Å². The molecule has 0 aliphatic heterocycles. The Kier molecular flexibility index (Phi) is 5.04. The van der Waals surface area contributed by atoms with Gasteiger partial charge < -0.3 is 9.47 Å². The number of rotatable bonds is 7. The van der Waals surface area contributed by atoms with Gasteiger partial charge in [0, 0.05) is 17.6 Å². The van der Waals surface area contributed by atoms with Gasteiger partial charge in [0.15, 0.2) is 11.5 Å². The van der Waals surface area contributed by atoms with E-state index in [1.54, 1.807) is 32.5 Å². The molecule has 0 spiro atoms. The first kappa shape index (κ1) is 19.4. The van der Waals surface area contributed by atoms with Crippen LogP contribution in [0.25, 0.3) is 10.9 Å². The van der Waals surface area contributed by atoms with Gasteiger partial charge in [-0.05, 0) is 54.7 Å². The average Bonchev–Trinajstić information content (AvgIpc) is 3.55. The molecule has 1 saturated carbocycles. The predicted molar refractivity (Wildman–Crippen MR) is 110 cm³/mol. The van der Waals surface area contributed by atoms with Crippen LogP contribution >= 0.6 is 0 Å². The molecule has 0 amide bonds. The van der Waals surface area contributed by atoms with Crippen LogP contribution in [0.4, 0.5) is 10.1 Å². The first-order valence-corrected chi connectivity index (χ1v) is 10.8. The summed E-state index contributed by atoms with van der Waals surface area (Å²) in [7, 11) is -0.371. The maximum absolute atomic E-state index is 14.5. The van der Waals surface area contributed by atoms with Gasteiger partial charge in [-0.3, -0.25) is 9.71 Å². The largest absolute Gasteiger partial charge is 0.493 e. The predicted octanol–water partition coefficient (Wildman–Crippen LogP) is 3.89. The van der Waals surface area contributed by atoms with E-state index in [2.05, 4.69) is 9.71 Å². The maximum atomic E-state index is 14.5. The van der Waals surface area contributed by atoms with Crippen molar-refractivity contribution in [2.75, 3.05) is 18.9 Å². The summed E-state index contributed by atoms with van der Waals surface area (Å²) in [6.45, 7) is 0. The second kappa shape index (κ2) is 7.51. The number of anilines is 1. The number of nitrogens with zero attached hydrogens (tertiary/aromatic N) is 1. The van der Waals surface area contributed by atoms with Gasteiger partial charge in [0.1, 0.15) is 5.82 Å². The summed E-state index contributed by atoms with van der Waals surface area (Å²) in [5.74, 6) is 0.581. The van der Waals surface area contributed by atoms with E-state index in [0.717, 1.165) is 22.0 Å². The fourth-order valence-electron chi connectivity index (χ4n) is 3.27. The number of sulfonamides is 1. The molecule has 0 atom stereocenters. The van der Waals surface area contributed by atoms with E-state index in [1.165, 1.54) is 12.1 Å². The molecule has 1 aliphatic carbocycles. The molecule has 2 aromatic carbocycles. The molecule has 0 bridgehead atoms. The topological polar surface area (TPSA) is 77.5 Å². The Morgan fingerprint density at radius 3 is 2.48 bits per heavy atom. The zero-order chi connectivity index (χ0) is 20.6. The summed E-state index contributed by atoms with van der Waals surface area (Å²) >= 11 is 0. The van der Waals surface area contributed by atoms with Gasteiger partial charge in [-0.2, -0.15) is 0 Å². The van der Waals surface area contributed by atoms with Crippen LogP contribution in [-0.2, 0) is 16.4 Å². The smallest absolute Gasteiger partial charge is 0.235 e. The van der Waals surface area contributed by atoms with E-state index in [9.17, 15) is 12.8 Å². The highest BCUT2D eigenvalue weighted by Crippen LogP contribution is 2.34. The maximum Gasteiger partial charge on any atom is 0.235 e. The second-order valence-electron chi connectivity index (χ2n) is 7.03. The Morgan fingerprint density at radius 2 is 1.83 bits per heavy atom. The number of ether oxygens (including phenoxy) is 2. The van der Waals surface area contributed by atoms with E-state index in [1.807, 2.05) is 12.1 Å². The minimum Gasteiger partial charge on any atom is -0.493 e. The number of methoxy groups -OCH3 is 2. The van der Waals surface area contributed by atoms with Crippen molar-refractivity contribution >= 4 is 26.6 Å². The van der Waals surface area contributed by atoms with Crippen molar-refractivity contribution in [3.8, 4) is 11.5 Å². The molecule has 1 aliphatic rings. The van der Waals surface area contributed by atoms with Crippen LogP contribution in [0.3, 0.4) is 0 Å². The molecule has 0 radical (unpaired) electrons. The van der Waals surface area contributed by atoms with Gasteiger partial charge in [0.25, 0.3) is 0 Å². The summed E-state index contributed by atoms with van der Waals surface area (Å²) < 4.78 is 51.7. The lowest BCUT2D eigenvalue weighted by atomic mass is 10.0. The van der Waals surface area contributed by atoms with Gasteiger partial charge in [0.2, 0.25) is 10.0 Å². The lowest BCUT2D eigenvalue weighted by Gasteiger charge is -2.12. The monoisotopic (exact) mass is 416 g/mol. The van der Waals surface area contributed by atoms with Gasteiger partial charge >= 0.3 is 0 Å². The normalized spacial score (nSPS) is 14.0. The SMILES string of the molecule is COc1cc2nccc(Cc3ccc(NS(=O)(=O)C4CC4)c(F)c3)c2cc1OC. The third-order valence-corrected chi connectivity index (χ3v) is 6.83. The number of hydrogen-bond donors (Lipinski definition) is 1. The van der Waals surface area contributed by atoms with E-state index < -0.39 is 21.1 Å².